The molecule has 0 atom stereocenters. The third-order valence-electron chi connectivity index (χ3n) is 1.95. The van der Waals surface area contributed by atoms with E-state index in [1.807, 2.05) is 18.3 Å². The van der Waals surface area contributed by atoms with Crippen molar-refractivity contribution < 1.29 is 0 Å². The number of aromatic nitrogens is 1. The number of rotatable bonds is 2. The fourth-order valence-corrected chi connectivity index (χ4v) is 1.21. The number of hydrogen-bond acceptors (Lipinski definition) is 2. The molecule has 1 aliphatic rings. The van der Waals surface area contributed by atoms with Crippen LogP contribution >= 0.6 is 0 Å². The third kappa shape index (κ3) is 1.16. The summed E-state index contributed by atoms with van der Waals surface area (Å²) in [5.41, 5.74) is 2.08. The van der Waals surface area contributed by atoms with E-state index in [0.29, 0.717) is 5.92 Å². The summed E-state index contributed by atoms with van der Waals surface area (Å²) in [6, 6.07) is 3.86. The lowest BCUT2D eigenvalue weighted by Crippen LogP contribution is -1.84. The highest BCUT2D eigenvalue weighted by Crippen LogP contribution is 2.42. The molecule has 0 spiro atoms. The maximum atomic E-state index is 4.28. The minimum atomic E-state index is 0.664. The Kier molecular flexibility index (Phi) is 1.46. The first-order valence-corrected chi connectivity index (χ1v) is 3.83. The van der Waals surface area contributed by atoms with Gasteiger partial charge in [-0.15, -0.1) is 0 Å². The predicted molar refractivity (Wildman–Crippen MR) is 45.4 cm³/mol. The zero-order valence-electron chi connectivity index (χ0n) is 6.33. The van der Waals surface area contributed by atoms with Gasteiger partial charge < -0.3 is 0 Å². The second kappa shape index (κ2) is 2.46. The molecule has 2 nitrogen and oxygen atoms in total. The minimum absolute atomic E-state index is 0.664. The number of pyridine rings is 1. The first kappa shape index (κ1) is 6.53. The molecule has 2 rings (SSSR count). The first-order valence-electron chi connectivity index (χ1n) is 3.83. The van der Waals surface area contributed by atoms with Gasteiger partial charge in [-0.05, 0) is 31.7 Å². The Labute approximate surface area is 66.0 Å². The standard InChI is InChI=1S/C9H10N2/c1-10-8-3-2-6-11-9(8)7-4-5-7/h2-3,6-7H,1,4-5H2. The lowest BCUT2D eigenvalue weighted by Gasteiger charge is -1.99. The van der Waals surface area contributed by atoms with Gasteiger partial charge in [-0.1, -0.05) is 0 Å². The van der Waals surface area contributed by atoms with Crippen LogP contribution in [0.1, 0.15) is 24.5 Å². The third-order valence-corrected chi connectivity index (χ3v) is 1.95. The smallest absolute Gasteiger partial charge is 0.0840 e. The van der Waals surface area contributed by atoms with E-state index in [1.165, 1.54) is 12.8 Å². The van der Waals surface area contributed by atoms with Crippen LogP contribution in [0.4, 0.5) is 5.69 Å². The molecule has 56 valence electrons. The summed E-state index contributed by atoms with van der Waals surface area (Å²) in [6.45, 7) is 3.51. The van der Waals surface area contributed by atoms with Gasteiger partial charge in [0.15, 0.2) is 0 Å². The summed E-state index contributed by atoms with van der Waals surface area (Å²) in [5.74, 6) is 0.664. The Morgan fingerprint density at radius 1 is 1.55 bits per heavy atom. The van der Waals surface area contributed by atoms with Crippen molar-refractivity contribution in [1.82, 2.24) is 4.98 Å². The van der Waals surface area contributed by atoms with E-state index < -0.39 is 0 Å². The molecule has 1 fully saturated rings. The second-order valence-corrected chi connectivity index (χ2v) is 2.84. The number of hydrogen-bond donors (Lipinski definition) is 0. The van der Waals surface area contributed by atoms with Crippen molar-refractivity contribution in [2.24, 2.45) is 4.99 Å². The highest BCUT2D eigenvalue weighted by Gasteiger charge is 2.26. The Bertz CT molecular complexity index is 277. The monoisotopic (exact) mass is 146 g/mol. The van der Waals surface area contributed by atoms with Crippen molar-refractivity contribution in [3.8, 4) is 0 Å². The van der Waals surface area contributed by atoms with Gasteiger partial charge >= 0.3 is 0 Å². The van der Waals surface area contributed by atoms with Crippen molar-refractivity contribution >= 4 is 12.4 Å². The predicted octanol–water partition coefficient (Wildman–Crippen LogP) is 2.29. The molecule has 1 aromatic rings. The maximum Gasteiger partial charge on any atom is 0.0840 e. The average Bonchev–Trinajstić information content (AvgIpc) is 2.87. The molecule has 1 aromatic heterocycles. The van der Waals surface area contributed by atoms with Crippen LogP contribution in [-0.2, 0) is 0 Å². The molecule has 0 aliphatic heterocycles. The van der Waals surface area contributed by atoms with Crippen LogP contribution in [-0.4, -0.2) is 11.7 Å². The quantitative estimate of drug-likeness (QED) is 0.587. The van der Waals surface area contributed by atoms with Crippen molar-refractivity contribution in [3.05, 3.63) is 24.0 Å². The molecule has 0 amide bonds. The van der Waals surface area contributed by atoms with Crippen molar-refractivity contribution in [2.75, 3.05) is 0 Å². The van der Waals surface area contributed by atoms with Crippen molar-refractivity contribution in [2.45, 2.75) is 18.8 Å². The highest BCUT2D eigenvalue weighted by atomic mass is 14.8. The molecule has 0 N–H and O–H groups in total. The van der Waals surface area contributed by atoms with Crippen LogP contribution in [0, 0.1) is 0 Å². The molecule has 0 unspecified atom stereocenters. The van der Waals surface area contributed by atoms with E-state index in [2.05, 4.69) is 16.7 Å². The summed E-state index contributed by atoms with van der Waals surface area (Å²) >= 11 is 0. The lowest BCUT2D eigenvalue weighted by atomic mass is 10.2. The van der Waals surface area contributed by atoms with E-state index in [4.69, 9.17) is 0 Å². The molecule has 0 aromatic carbocycles. The van der Waals surface area contributed by atoms with Gasteiger partial charge in [0.05, 0.1) is 11.4 Å². The number of nitrogens with zero attached hydrogens (tertiary/aromatic N) is 2. The Hall–Kier alpha value is -1.18. The van der Waals surface area contributed by atoms with Gasteiger partial charge in [-0.3, -0.25) is 9.98 Å². The molecule has 1 aliphatic carbocycles. The summed E-state index contributed by atoms with van der Waals surface area (Å²) in [5, 5.41) is 0. The molecule has 2 heteroatoms. The topological polar surface area (TPSA) is 25.2 Å². The van der Waals surface area contributed by atoms with E-state index in [9.17, 15) is 0 Å². The fourth-order valence-electron chi connectivity index (χ4n) is 1.21. The van der Waals surface area contributed by atoms with Gasteiger partial charge in [0.1, 0.15) is 0 Å². The Balaban J connectivity index is 2.42. The van der Waals surface area contributed by atoms with Gasteiger partial charge in [-0.25, -0.2) is 0 Å². The highest BCUT2D eigenvalue weighted by molar-refractivity contribution is 5.50. The molecule has 1 saturated carbocycles. The van der Waals surface area contributed by atoms with Crippen molar-refractivity contribution in [3.63, 3.8) is 0 Å². The largest absolute Gasteiger partial charge is 0.263 e. The van der Waals surface area contributed by atoms with Gasteiger partial charge in [0.2, 0.25) is 0 Å². The van der Waals surface area contributed by atoms with Crippen LogP contribution in [0.15, 0.2) is 23.3 Å². The lowest BCUT2D eigenvalue weighted by molar-refractivity contribution is 1.02. The summed E-state index contributed by atoms with van der Waals surface area (Å²) in [7, 11) is 0. The molecule has 0 saturated heterocycles. The zero-order chi connectivity index (χ0) is 7.68. The van der Waals surface area contributed by atoms with Gasteiger partial charge in [0, 0.05) is 12.1 Å². The van der Waals surface area contributed by atoms with Crippen LogP contribution in [0.2, 0.25) is 0 Å². The summed E-state index contributed by atoms with van der Waals surface area (Å²) < 4.78 is 0. The number of aliphatic imine (C=N–C) groups is 1. The van der Waals surface area contributed by atoms with Crippen LogP contribution in [0.5, 0.6) is 0 Å². The SMILES string of the molecule is C=Nc1cccnc1C1CC1. The molecule has 0 radical (unpaired) electrons. The molecule has 1 heterocycles. The molecular weight excluding hydrogens is 136 g/mol. The molecule has 11 heavy (non-hydrogen) atoms. The fraction of sp³-hybridized carbons (Fsp3) is 0.333. The van der Waals surface area contributed by atoms with E-state index in [-0.39, 0.29) is 0 Å². The van der Waals surface area contributed by atoms with E-state index in [0.717, 1.165) is 11.4 Å². The minimum Gasteiger partial charge on any atom is -0.263 e. The average molecular weight is 146 g/mol. The first-order chi connectivity index (χ1) is 5.42. The summed E-state index contributed by atoms with van der Waals surface area (Å²) in [6.07, 6.45) is 4.35. The van der Waals surface area contributed by atoms with Gasteiger partial charge in [0.25, 0.3) is 0 Å². The zero-order valence-corrected chi connectivity index (χ0v) is 6.33. The Morgan fingerprint density at radius 2 is 2.36 bits per heavy atom. The normalized spacial score (nSPS) is 16.4. The van der Waals surface area contributed by atoms with E-state index >= 15 is 0 Å². The van der Waals surface area contributed by atoms with Crippen molar-refractivity contribution in [1.29, 1.82) is 0 Å². The van der Waals surface area contributed by atoms with Gasteiger partial charge in [-0.2, -0.15) is 0 Å². The van der Waals surface area contributed by atoms with Crippen LogP contribution in [0.25, 0.3) is 0 Å². The maximum absolute atomic E-state index is 4.28. The second-order valence-electron chi connectivity index (χ2n) is 2.84. The molecular formula is C9H10N2. The van der Waals surface area contributed by atoms with Crippen LogP contribution < -0.4 is 0 Å². The Morgan fingerprint density at radius 3 is 3.00 bits per heavy atom. The molecule has 0 bridgehead atoms. The summed E-state index contributed by atoms with van der Waals surface area (Å²) in [4.78, 5) is 8.20. The van der Waals surface area contributed by atoms with E-state index in [1.54, 1.807) is 0 Å². The van der Waals surface area contributed by atoms with Crippen LogP contribution in [0.3, 0.4) is 0 Å².